The SMILES string of the molecule is CC1(C)CCCN1CCc1ccccc1CN. The molecule has 1 aromatic rings. The maximum Gasteiger partial charge on any atom is 0.0180 e. The van der Waals surface area contributed by atoms with Crippen LogP contribution in [0.3, 0.4) is 0 Å². The average molecular weight is 232 g/mol. The molecule has 1 aliphatic heterocycles. The Bertz CT molecular complexity index is 371. The van der Waals surface area contributed by atoms with Gasteiger partial charge in [-0.15, -0.1) is 0 Å². The fourth-order valence-electron chi connectivity index (χ4n) is 2.83. The summed E-state index contributed by atoms with van der Waals surface area (Å²) in [6.07, 6.45) is 3.79. The summed E-state index contributed by atoms with van der Waals surface area (Å²) >= 11 is 0. The Kier molecular flexibility index (Phi) is 3.85. The molecule has 0 radical (unpaired) electrons. The molecule has 0 saturated carbocycles. The topological polar surface area (TPSA) is 29.3 Å². The van der Waals surface area contributed by atoms with E-state index in [1.807, 2.05) is 0 Å². The molecule has 0 spiro atoms. The Morgan fingerprint density at radius 3 is 2.53 bits per heavy atom. The summed E-state index contributed by atoms with van der Waals surface area (Å²) < 4.78 is 0. The number of likely N-dealkylation sites (tertiary alicyclic amines) is 1. The molecule has 2 rings (SSSR count). The number of nitrogens with two attached hydrogens (primary N) is 1. The maximum absolute atomic E-state index is 5.77. The van der Waals surface area contributed by atoms with Crippen molar-refractivity contribution in [3.63, 3.8) is 0 Å². The zero-order valence-corrected chi connectivity index (χ0v) is 11.1. The van der Waals surface area contributed by atoms with E-state index in [1.165, 1.54) is 30.5 Å². The van der Waals surface area contributed by atoms with Crippen molar-refractivity contribution < 1.29 is 0 Å². The van der Waals surface area contributed by atoms with Crippen LogP contribution in [-0.2, 0) is 13.0 Å². The van der Waals surface area contributed by atoms with Crippen LogP contribution in [0, 0.1) is 0 Å². The van der Waals surface area contributed by atoms with E-state index in [0.29, 0.717) is 12.1 Å². The molecule has 1 fully saturated rings. The molecule has 1 aliphatic rings. The van der Waals surface area contributed by atoms with Gasteiger partial charge in [0.15, 0.2) is 0 Å². The van der Waals surface area contributed by atoms with Crippen molar-refractivity contribution in [1.82, 2.24) is 4.90 Å². The van der Waals surface area contributed by atoms with Crippen LogP contribution >= 0.6 is 0 Å². The van der Waals surface area contributed by atoms with Crippen LogP contribution in [0.15, 0.2) is 24.3 Å². The van der Waals surface area contributed by atoms with Crippen LogP contribution in [-0.4, -0.2) is 23.5 Å². The Balaban J connectivity index is 1.98. The van der Waals surface area contributed by atoms with Gasteiger partial charge in [-0.05, 0) is 50.8 Å². The molecule has 0 amide bonds. The highest BCUT2D eigenvalue weighted by atomic mass is 15.2. The number of nitrogens with zero attached hydrogens (tertiary/aromatic N) is 1. The van der Waals surface area contributed by atoms with E-state index in [2.05, 4.69) is 43.0 Å². The summed E-state index contributed by atoms with van der Waals surface area (Å²) in [5.74, 6) is 0. The quantitative estimate of drug-likeness (QED) is 0.864. The van der Waals surface area contributed by atoms with E-state index in [4.69, 9.17) is 5.73 Å². The van der Waals surface area contributed by atoms with Crippen LogP contribution in [0.1, 0.15) is 37.8 Å². The van der Waals surface area contributed by atoms with Crippen LogP contribution in [0.2, 0.25) is 0 Å². The highest BCUT2D eigenvalue weighted by Crippen LogP contribution is 2.28. The summed E-state index contributed by atoms with van der Waals surface area (Å²) in [5.41, 5.74) is 8.87. The number of hydrogen-bond acceptors (Lipinski definition) is 2. The third kappa shape index (κ3) is 2.88. The van der Waals surface area contributed by atoms with Gasteiger partial charge in [0, 0.05) is 18.6 Å². The van der Waals surface area contributed by atoms with Crippen molar-refractivity contribution >= 4 is 0 Å². The highest BCUT2D eigenvalue weighted by Gasteiger charge is 2.31. The van der Waals surface area contributed by atoms with Crippen molar-refractivity contribution in [3.05, 3.63) is 35.4 Å². The van der Waals surface area contributed by atoms with Gasteiger partial charge in [0.2, 0.25) is 0 Å². The molecule has 1 aromatic carbocycles. The van der Waals surface area contributed by atoms with Gasteiger partial charge in [-0.3, -0.25) is 4.90 Å². The molecule has 0 bridgehead atoms. The van der Waals surface area contributed by atoms with Gasteiger partial charge in [-0.2, -0.15) is 0 Å². The van der Waals surface area contributed by atoms with E-state index in [-0.39, 0.29) is 0 Å². The fourth-order valence-corrected chi connectivity index (χ4v) is 2.83. The first-order valence-corrected chi connectivity index (χ1v) is 6.65. The van der Waals surface area contributed by atoms with Crippen LogP contribution in [0.4, 0.5) is 0 Å². The van der Waals surface area contributed by atoms with Crippen LogP contribution < -0.4 is 5.73 Å². The average Bonchev–Trinajstić information content (AvgIpc) is 2.66. The van der Waals surface area contributed by atoms with Gasteiger partial charge in [0.25, 0.3) is 0 Å². The van der Waals surface area contributed by atoms with Gasteiger partial charge in [-0.25, -0.2) is 0 Å². The summed E-state index contributed by atoms with van der Waals surface area (Å²) in [5, 5.41) is 0. The zero-order valence-electron chi connectivity index (χ0n) is 11.1. The largest absolute Gasteiger partial charge is 0.326 e. The lowest BCUT2D eigenvalue weighted by atomic mass is 10.0. The lowest BCUT2D eigenvalue weighted by Gasteiger charge is -2.31. The van der Waals surface area contributed by atoms with Gasteiger partial charge in [-0.1, -0.05) is 24.3 Å². The third-order valence-electron chi connectivity index (χ3n) is 4.06. The molecule has 0 aromatic heterocycles. The van der Waals surface area contributed by atoms with Crippen LogP contribution in [0.5, 0.6) is 0 Å². The van der Waals surface area contributed by atoms with Crippen LogP contribution in [0.25, 0.3) is 0 Å². The lowest BCUT2D eigenvalue weighted by molar-refractivity contribution is 0.177. The normalized spacial score (nSPS) is 19.7. The molecule has 2 heteroatoms. The first-order valence-electron chi connectivity index (χ1n) is 6.65. The van der Waals surface area contributed by atoms with Gasteiger partial charge in [0.1, 0.15) is 0 Å². The number of benzene rings is 1. The third-order valence-corrected chi connectivity index (χ3v) is 4.06. The first-order chi connectivity index (χ1) is 8.13. The Morgan fingerprint density at radius 1 is 1.24 bits per heavy atom. The monoisotopic (exact) mass is 232 g/mol. The summed E-state index contributed by atoms with van der Waals surface area (Å²) in [6.45, 7) is 7.77. The van der Waals surface area contributed by atoms with Crippen molar-refractivity contribution in [2.75, 3.05) is 13.1 Å². The molecule has 94 valence electrons. The second kappa shape index (κ2) is 5.19. The Labute approximate surface area is 105 Å². The molecular formula is C15H24N2. The molecule has 0 unspecified atom stereocenters. The van der Waals surface area contributed by atoms with Crippen molar-refractivity contribution in [1.29, 1.82) is 0 Å². The summed E-state index contributed by atoms with van der Waals surface area (Å²) in [4.78, 5) is 2.61. The van der Waals surface area contributed by atoms with E-state index in [9.17, 15) is 0 Å². The molecule has 1 heterocycles. The predicted octanol–water partition coefficient (Wildman–Crippen LogP) is 2.56. The second-order valence-corrected chi connectivity index (χ2v) is 5.63. The lowest BCUT2D eigenvalue weighted by Crippen LogP contribution is -2.39. The molecule has 17 heavy (non-hydrogen) atoms. The second-order valence-electron chi connectivity index (χ2n) is 5.63. The Hall–Kier alpha value is -0.860. The van der Waals surface area contributed by atoms with E-state index in [0.717, 1.165) is 13.0 Å². The summed E-state index contributed by atoms with van der Waals surface area (Å²) in [7, 11) is 0. The minimum absolute atomic E-state index is 0.387. The van der Waals surface area contributed by atoms with Gasteiger partial charge < -0.3 is 5.73 Å². The van der Waals surface area contributed by atoms with Gasteiger partial charge >= 0.3 is 0 Å². The number of hydrogen-bond donors (Lipinski definition) is 1. The molecule has 1 saturated heterocycles. The predicted molar refractivity (Wildman–Crippen MR) is 72.9 cm³/mol. The smallest absolute Gasteiger partial charge is 0.0180 e. The molecular weight excluding hydrogens is 208 g/mol. The number of rotatable bonds is 4. The van der Waals surface area contributed by atoms with E-state index in [1.54, 1.807) is 0 Å². The standard InChI is InChI=1S/C15H24N2/c1-15(2)9-5-10-17(15)11-8-13-6-3-4-7-14(13)12-16/h3-4,6-7H,5,8-12,16H2,1-2H3. The molecule has 2 nitrogen and oxygen atoms in total. The minimum Gasteiger partial charge on any atom is -0.326 e. The fraction of sp³-hybridized carbons (Fsp3) is 0.600. The zero-order chi connectivity index (χ0) is 12.3. The van der Waals surface area contributed by atoms with Crippen molar-refractivity contribution in [2.24, 2.45) is 5.73 Å². The minimum atomic E-state index is 0.387. The summed E-state index contributed by atoms with van der Waals surface area (Å²) in [6, 6.07) is 8.55. The molecule has 2 N–H and O–H groups in total. The maximum atomic E-state index is 5.77. The van der Waals surface area contributed by atoms with E-state index >= 15 is 0 Å². The highest BCUT2D eigenvalue weighted by molar-refractivity contribution is 5.27. The van der Waals surface area contributed by atoms with Crippen molar-refractivity contribution in [3.8, 4) is 0 Å². The van der Waals surface area contributed by atoms with Crippen molar-refractivity contribution in [2.45, 2.75) is 45.2 Å². The first kappa shape index (κ1) is 12.6. The van der Waals surface area contributed by atoms with Gasteiger partial charge in [0.05, 0.1) is 0 Å². The molecule has 0 atom stereocenters. The molecule has 0 aliphatic carbocycles. The van der Waals surface area contributed by atoms with E-state index < -0.39 is 0 Å². The Morgan fingerprint density at radius 2 is 1.94 bits per heavy atom.